The lowest BCUT2D eigenvalue weighted by molar-refractivity contribution is 0.397. The van der Waals surface area contributed by atoms with Crippen LogP contribution >= 0.6 is 23.2 Å². The smallest absolute Gasteiger partial charge is 0.255 e. The highest BCUT2D eigenvalue weighted by Gasteiger charge is 2.32. The van der Waals surface area contributed by atoms with E-state index in [1.54, 1.807) is 13.2 Å². The van der Waals surface area contributed by atoms with Crippen molar-refractivity contribution in [3.63, 3.8) is 0 Å². The second-order valence-corrected chi connectivity index (χ2v) is 11.6. The lowest BCUT2D eigenvalue weighted by Gasteiger charge is -2.30. The molecule has 3 aromatic rings. The molecule has 0 fully saturated rings. The average molecular weight is 414 g/mol. The van der Waals surface area contributed by atoms with Gasteiger partial charge in [-0.05, 0) is 32.2 Å². The molecule has 0 amide bonds. The van der Waals surface area contributed by atoms with E-state index in [0.29, 0.717) is 17.2 Å². The number of anilines is 1. The van der Waals surface area contributed by atoms with Crippen LogP contribution in [0.3, 0.4) is 0 Å². The first-order valence-electron chi connectivity index (χ1n) is 7.91. The van der Waals surface area contributed by atoms with Crippen molar-refractivity contribution >= 4 is 43.1 Å². The lowest BCUT2D eigenvalue weighted by Crippen LogP contribution is -2.47. The van der Waals surface area contributed by atoms with Crippen LogP contribution in [0.5, 0.6) is 0 Å². The molecule has 1 aromatic carbocycles. The maximum absolute atomic E-state index is 14.6. The summed E-state index contributed by atoms with van der Waals surface area (Å²) in [5.74, 6) is 0.270. The quantitative estimate of drug-likeness (QED) is 0.494. The zero-order valence-electron chi connectivity index (χ0n) is 14.7. The molecule has 3 rings (SSSR count). The van der Waals surface area contributed by atoms with Gasteiger partial charge in [0.1, 0.15) is 23.1 Å². The minimum Gasteiger partial charge on any atom is -0.418 e. The van der Waals surface area contributed by atoms with Crippen molar-refractivity contribution in [1.29, 1.82) is 0 Å². The summed E-state index contributed by atoms with van der Waals surface area (Å²) in [6, 6.07) is 4.46. The van der Waals surface area contributed by atoms with E-state index in [-0.39, 0.29) is 21.4 Å². The number of hydrogen-bond acceptors (Lipinski definition) is 5. The van der Waals surface area contributed by atoms with Crippen molar-refractivity contribution in [2.75, 3.05) is 12.4 Å². The van der Waals surface area contributed by atoms with E-state index in [4.69, 9.17) is 27.6 Å². The summed E-state index contributed by atoms with van der Waals surface area (Å²) in [5.41, 5.74) is 0.457. The van der Waals surface area contributed by atoms with Crippen LogP contribution in [-0.2, 0) is 4.43 Å². The Balaban J connectivity index is 2.28. The first-order valence-corrected chi connectivity index (χ1v) is 11.7. The van der Waals surface area contributed by atoms with Crippen LogP contribution in [0.1, 0.15) is 6.92 Å². The summed E-state index contributed by atoms with van der Waals surface area (Å²) in [4.78, 5) is 8.29. The molecule has 10 heteroatoms. The van der Waals surface area contributed by atoms with Gasteiger partial charge in [0.05, 0.1) is 10.6 Å². The fraction of sp³-hybridized carbons (Fsp3) is 0.312. The Morgan fingerprint density at radius 3 is 2.65 bits per heavy atom. The van der Waals surface area contributed by atoms with Crippen LogP contribution in [0.2, 0.25) is 23.3 Å². The molecule has 0 bridgehead atoms. The third kappa shape index (κ3) is 3.29. The molecule has 0 aliphatic heterocycles. The topological polar surface area (TPSA) is 64.3 Å². The summed E-state index contributed by atoms with van der Waals surface area (Å²) < 4.78 is 21.8. The van der Waals surface area contributed by atoms with Crippen LogP contribution in [0, 0.1) is 5.82 Å². The molecule has 0 spiro atoms. The summed E-state index contributed by atoms with van der Waals surface area (Å²) in [7, 11) is -0.378. The van der Waals surface area contributed by atoms with E-state index in [9.17, 15) is 4.39 Å². The summed E-state index contributed by atoms with van der Waals surface area (Å²) in [6.07, 6.45) is 1.36. The van der Waals surface area contributed by atoms with Crippen molar-refractivity contribution in [3.05, 3.63) is 40.5 Å². The highest BCUT2D eigenvalue weighted by atomic mass is 35.5. The van der Waals surface area contributed by atoms with Crippen molar-refractivity contribution in [2.45, 2.75) is 25.7 Å². The molecule has 1 unspecified atom stereocenters. The minimum atomic E-state index is -2.06. The number of halogens is 3. The van der Waals surface area contributed by atoms with Gasteiger partial charge in [-0.15, -0.1) is 0 Å². The monoisotopic (exact) mass is 413 g/mol. The van der Waals surface area contributed by atoms with Crippen LogP contribution in [0.25, 0.3) is 16.9 Å². The van der Waals surface area contributed by atoms with E-state index in [2.05, 4.69) is 33.5 Å². The molecule has 0 aliphatic rings. The second kappa shape index (κ2) is 7.11. The fourth-order valence-corrected chi connectivity index (χ4v) is 3.82. The van der Waals surface area contributed by atoms with Gasteiger partial charge in [0, 0.05) is 18.3 Å². The molecule has 2 heterocycles. The first kappa shape index (κ1) is 19.0. The predicted octanol–water partition coefficient (Wildman–Crippen LogP) is 4.43. The first-order chi connectivity index (χ1) is 12.3. The van der Waals surface area contributed by atoms with Gasteiger partial charge in [-0.3, -0.25) is 0 Å². The summed E-state index contributed by atoms with van der Waals surface area (Å²) >= 11 is 12.7. The molecule has 1 atom stereocenters. The number of fused-ring (bicyclic) bond motifs is 1. The molecule has 1 N–H and O–H groups in total. The van der Waals surface area contributed by atoms with Gasteiger partial charge >= 0.3 is 0 Å². The van der Waals surface area contributed by atoms with E-state index in [1.165, 1.54) is 23.0 Å². The molecule has 0 aliphatic carbocycles. The third-order valence-electron chi connectivity index (χ3n) is 4.52. The summed E-state index contributed by atoms with van der Waals surface area (Å²) in [5, 5.41) is 7.89. The second-order valence-electron chi connectivity index (χ2n) is 6.37. The zero-order valence-corrected chi connectivity index (χ0v) is 17.2. The van der Waals surface area contributed by atoms with E-state index in [0.717, 1.165) is 0 Å². The van der Waals surface area contributed by atoms with Gasteiger partial charge in [-0.2, -0.15) is 19.6 Å². The van der Waals surface area contributed by atoms with Crippen LogP contribution in [0.4, 0.5) is 10.2 Å². The number of benzene rings is 1. The lowest BCUT2D eigenvalue weighted by atomic mass is 10.1. The van der Waals surface area contributed by atoms with Gasteiger partial charge in [0.15, 0.2) is 0 Å². The number of nitrogens with one attached hydrogen (secondary N) is 1. The zero-order chi connectivity index (χ0) is 19.1. The molecule has 26 heavy (non-hydrogen) atoms. The molecule has 138 valence electrons. The van der Waals surface area contributed by atoms with Crippen LogP contribution < -0.4 is 5.32 Å². The van der Waals surface area contributed by atoms with E-state index >= 15 is 0 Å². The Hall–Kier alpha value is -1.74. The van der Waals surface area contributed by atoms with E-state index < -0.39 is 14.1 Å². The van der Waals surface area contributed by atoms with Crippen molar-refractivity contribution in [1.82, 2.24) is 19.6 Å². The molecule has 0 saturated heterocycles. The molecule has 0 saturated carbocycles. The van der Waals surface area contributed by atoms with Gasteiger partial charge < -0.3 is 9.74 Å². The Morgan fingerprint density at radius 1 is 1.27 bits per heavy atom. The molecular formula is C16H18Cl2FN5OSi. The van der Waals surface area contributed by atoms with Gasteiger partial charge in [-0.25, -0.2) is 4.39 Å². The largest absolute Gasteiger partial charge is 0.418 e. The Morgan fingerprint density at radius 2 is 2.00 bits per heavy atom. The average Bonchev–Trinajstić information content (AvgIpc) is 3.04. The van der Waals surface area contributed by atoms with Crippen LogP contribution in [-0.4, -0.2) is 40.7 Å². The Labute approximate surface area is 161 Å². The maximum atomic E-state index is 14.6. The molecular weight excluding hydrogens is 396 g/mol. The normalized spacial score (nSPS) is 13.2. The van der Waals surface area contributed by atoms with Crippen LogP contribution in [0.15, 0.2) is 24.5 Å². The number of hydrogen-bond donors (Lipinski definition) is 1. The fourth-order valence-electron chi connectivity index (χ4n) is 2.46. The molecule has 2 aromatic heterocycles. The third-order valence-corrected chi connectivity index (χ3v) is 8.39. The molecule has 0 radical (unpaired) electrons. The summed E-state index contributed by atoms with van der Waals surface area (Å²) in [6.45, 7) is 6.14. The van der Waals surface area contributed by atoms with E-state index in [1.807, 2.05) is 6.92 Å². The number of rotatable bonds is 5. The van der Waals surface area contributed by atoms with Gasteiger partial charge in [0.2, 0.25) is 8.32 Å². The number of nitrogens with zero attached hydrogens (tertiary/aromatic N) is 4. The minimum absolute atomic E-state index is 0.0392. The Bertz CT molecular complexity index is 945. The Kier molecular flexibility index (Phi) is 5.20. The highest BCUT2D eigenvalue weighted by Crippen LogP contribution is 2.40. The van der Waals surface area contributed by atoms with Gasteiger partial charge in [-0.1, -0.05) is 29.3 Å². The predicted molar refractivity (Wildman–Crippen MR) is 104 cm³/mol. The van der Waals surface area contributed by atoms with Crippen molar-refractivity contribution < 1.29 is 8.82 Å². The van der Waals surface area contributed by atoms with Crippen molar-refractivity contribution in [3.8, 4) is 11.1 Å². The standard InChI is InChI=1S/C16H18Cl2FN5OSi/c1-9(26(3,4)25-2)22-15-13(12-10(17)6-5-7-11(12)19)14(18)23-16-20-8-21-24(15)16/h5-9,22H,1-4H3. The maximum Gasteiger partial charge on any atom is 0.255 e. The SMILES string of the molecule is CO[Si](C)(C)C(C)Nc1c(-c2c(F)cccc2Cl)c(Cl)nc2ncnn12. The van der Waals surface area contributed by atoms with Crippen molar-refractivity contribution in [2.24, 2.45) is 0 Å². The highest BCUT2D eigenvalue weighted by molar-refractivity contribution is 6.73. The number of aromatic nitrogens is 4. The van der Waals surface area contributed by atoms with Gasteiger partial charge in [0.25, 0.3) is 5.78 Å². The molecule has 6 nitrogen and oxygen atoms in total.